The SMILES string of the molecule is CN(CCc1ccccc1)C(=O)c1csc2nc(-c3cccc(F)c3)cn12. The van der Waals surface area contributed by atoms with Crippen LogP contribution in [0.1, 0.15) is 16.1 Å². The van der Waals surface area contributed by atoms with Crippen LogP contribution in [0.15, 0.2) is 66.2 Å². The lowest BCUT2D eigenvalue weighted by atomic mass is 10.1. The Morgan fingerprint density at radius 2 is 2.00 bits per heavy atom. The quantitative estimate of drug-likeness (QED) is 0.511. The fourth-order valence-electron chi connectivity index (χ4n) is 2.96. The Kier molecular flexibility index (Phi) is 4.73. The number of aromatic nitrogens is 2. The zero-order valence-corrected chi connectivity index (χ0v) is 15.6. The lowest BCUT2D eigenvalue weighted by molar-refractivity contribution is 0.0790. The van der Waals surface area contributed by atoms with E-state index in [0.29, 0.717) is 28.5 Å². The predicted molar refractivity (Wildman–Crippen MR) is 106 cm³/mol. The van der Waals surface area contributed by atoms with Crippen molar-refractivity contribution in [3.8, 4) is 11.3 Å². The predicted octanol–water partition coefficient (Wildman–Crippen LogP) is 4.52. The number of hydrogen-bond acceptors (Lipinski definition) is 3. The molecule has 4 nitrogen and oxygen atoms in total. The van der Waals surface area contributed by atoms with Gasteiger partial charge in [-0.2, -0.15) is 0 Å². The third-order valence-corrected chi connectivity index (χ3v) is 5.31. The summed E-state index contributed by atoms with van der Waals surface area (Å²) in [5, 5.41) is 1.82. The van der Waals surface area contributed by atoms with Crippen LogP contribution >= 0.6 is 11.3 Å². The van der Waals surface area contributed by atoms with Crippen LogP contribution in [0.4, 0.5) is 4.39 Å². The number of likely N-dealkylation sites (N-methyl/N-ethyl adjacent to an activating group) is 1. The van der Waals surface area contributed by atoms with Gasteiger partial charge in [-0.1, -0.05) is 42.5 Å². The van der Waals surface area contributed by atoms with E-state index < -0.39 is 0 Å². The van der Waals surface area contributed by atoms with E-state index in [9.17, 15) is 9.18 Å². The molecular formula is C21H18FN3OS. The minimum atomic E-state index is -0.305. The van der Waals surface area contributed by atoms with E-state index in [1.807, 2.05) is 29.6 Å². The van der Waals surface area contributed by atoms with E-state index in [-0.39, 0.29) is 11.7 Å². The van der Waals surface area contributed by atoms with Gasteiger partial charge in [-0.15, -0.1) is 11.3 Å². The first-order chi connectivity index (χ1) is 13.1. The molecule has 2 aromatic heterocycles. The summed E-state index contributed by atoms with van der Waals surface area (Å²) in [5.41, 5.74) is 3.12. The van der Waals surface area contributed by atoms with Crippen LogP contribution in [-0.4, -0.2) is 33.8 Å². The molecule has 2 aromatic carbocycles. The number of carbonyl (C=O) groups is 1. The number of benzene rings is 2. The van der Waals surface area contributed by atoms with Gasteiger partial charge in [0.05, 0.1) is 5.69 Å². The maximum Gasteiger partial charge on any atom is 0.271 e. The summed E-state index contributed by atoms with van der Waals surface area (Å²) < 4.78 is 15.3. The Hall–Kier alpha value is -2.99. The topological polar surface area (TPSA) is 37.6 Å². The Balaban J connectivity index is 1.55. The number of thiazole rings is 1. The van der Waals surface area contributed by atoms with Gasteiger partial charge in [0.15, 0.2) is 4.96 Å². The van der Waals surface area contributed by atoms with Crippen molar-refractivity contribution in [1.29, 1.82) is 0 Å². The summed E-state index contributed by atoms with van der Waals surface area (Å²) in [6.45, 7) is 0.631. The van der Waals surface area contributed by atoms with Crippen LogP contribution in [0.3, 0.4) is 0 Å². The molecule has 0 atom stereocenters. The molecule has 136 valence electrons. The minimum absolute atomic E-state index is 0.0552. The van der Waals surface area contributed by atoms with E-state index >= 15 is 0 Å². The maximum atomic E-state index is 13.5. The number of hydrogen-bond donors (Lipinski definition) is 0. The molecule has 1 amide bonds. The van der Waals surface area contributed by atoms with Crippen LogP contribution < -0.4 is 0 Å². The average molecular weight is 379 g/mol. The standard InChI is InChI=1S/C21H18FN3OS/c1-24(11-10-15-6-3-2-4-7-15)20(26)19-14-27-21-23-18(13-25(19)21)16-8-5-9-17(22)12-16/h2-9,12-14H,10-11H2,1H3. The lowest BCUT2D eigenvalue weighted by Crippen LogP contribution is -2.29. The van der Waals surface area contributed by atoms with Crippen molar-refractivity contribution < 1.29 is 9.18 Å². The fraction of sp³-hybridized carbons (Fsp3) is 0.143. The number of imidazole rings is 1. The van der Waals surface area contributed by atoms with Gasteiger partial charge in [0.25, 0.3) is 5.91 Å². The monoisotopic (exact) mass is 379 g/mol. The first-order valence-corrected chi connectivity index (χ1v) is 9.52. The van der Waals surface area contributed by atoms with Crippen molar-refractivity contribution in [2.75, 3.05) is 13.6 Å². The first kappa shape index (κ1) is 17.4. The summed E-state index contributed by atoms with van der Waals surface area (Å²) in [6, 6.07) is 16.4. The van der Waals surface area contributed by atoms with Crippen molar-refractivity contribution >= 4 is 22.2 Å². The molecule has 0 N–H and O–H groups in total. The number of halogens is 1. The smallest absolute Gasteiger partial charge is 0.271 e. The number of rotatable bonds is 5. The molecule has 2 heterocycles. The van der Waals surface area contributed by atoms with E-state index in [2.05, 4.69) is 17.1 Å². The van der Waals surface area contributed by atoms with Crippen molar-refractivity contribution in [2.45, 2.75) is 6.42 Å². The van der Waals surface area contributed by atoms with Gasteiger partial charge >= 0.3 is 0 Å². The minimum Gasteiger partial charge on any atom is -0.340 e. The summed E-state index contributed by atoms with van der Waals surface area (Å²) in [6.07, 6.45) is 2.59. The van der Waals surface area contributed by atoms with Gasteiger partial charge in [-0.05, 0) is 24.1 Å². The van der Waals surface area contributed by atoms with E-state index in [4.69, 9.17) is 0 Å². The zero-order valence-electron chi connectivity index (χ0n) is 14.8. The van der Waals surface area contributed by atoms with Crippen LogP contribution in [0, 0.1) is 5.82 Å². The van der Waals surface area contributed by atoms with Gasteiger partial charge in [0.1, 0.15) is 11.5 Å². The number of nitrogens with zero attached hydrogens (tertiary/aromatic N) is 3. The molecule has 6 heteroatoms. The zero-order chi connectivity index (χ0) is 18.8. The Bertz CT molecular complexity index is 1090. The van der Waals surface area contributed by atoms with Crippen molar-refractivity contribution in [3.05, 3.63) is 83.2 Å². The highest BCUT2D eigenvalue weighted by Gasteiger charge is 2.18. The fourth-order valence-corrected chi connectivity index (χ4v) is 3.81. The first-order valence-electron chi connectivity index (χ1n) is 8.64. The van der Waals surface area contributed by atoms with Crippen molar-refractivity contribution in [2.24, 2.45) is 0 Å². The van der Waals surface area contributed by atoms with Gasteiger partial charge in [-0.3, -0.25) is 9.20 Å². The summed E-state index contributed by atoms with van der Waals surface area (Å²) in [4.78, 5) is 19.8. The molecule has 4 aromatic rings. The van der Waals surface area contributed by atoms with Crippen molar-refractivity contribution in [1.82, 2.24) is 14.3 Å². The highest BCUT2D eigenvalue weighted by atomic mass is 32.1. The maximum absolute atomic E-state index is 13.5. The van der Waals surface area contributed by atoms with Crippen LogP contribution in [0.2, 0.25) is 0 Å². The highest BCUT2D eigenvalue weighted by Crippen LogP contribution is 2.24. The molecule has 0 aliphatic heterocycles. The number of amides is 1. The molecule has 4 rings (SSSR count). The molecular weight excluding hydrogens is 361 g/mol. The Morgan fingerprint density at radius 1 is 1.19 bits per heavy atom. The molecule has 0 saturated carbocycles. The molecule has 0 fully saturated rings. The van der Waals surface area contributed by atoms with Crippen LogP contribution in [-0.2, 0) is 6.42 Å². The van der Waals surface area contributed by atoms with E-state index in [1.165, 1.54) is 29.0 Å². The molecule has 0 aliphatic rings. The third-order valence-electron chi connectivity index (χ3n) is 4.47. The normalized spacial score (nSPS) is 11.0. The number of carbonyl (C=O) groups excluding carboxylic acids is 1. The summed E-state index contributed by atoms with van der Waals surface area (Å²) >= 11 is 1.40. The summed E-state index contributed by atoms with van der Waals surface area (Å²) in [5.74, 6) is -0.360. The molecule has 0 radical (unpaired) electrons. The average Bonchev–Trinajstić information content (AvgIpc) is 3.27. The largest absolute Gasteiger partial charge is 0.340 e. The molecule has 0 saturated heterocycles. The number of fused-ring (bicyclic) bond motifs is 1. The van der Waals surface area contributed by atoms with Crippen LogP contribution in [0.25, 0.3) is 16.2 Å². The van der Waals surface area contributed by atoms with Crippen LogP contribution in [0.5, 0.6) is 0 Å². The molecule has 0 aliphatic carbocycles. The second-order valence-corrected chi connectivity index (χ2v) is 7.21. The van der Waals surface area contributed by atoms with Gasteiger partial charge in [0, 0.05) is 30.7 Å². The van der Waals surface area contributed by atoms with Gasteiger partial charge in [-0.25, -0.2) is 9.37 Å². The van der Waals surface area contributed by atoms with Gasteiger partial charge < -0.3 is 4.90 Å². The van der Waals surface area contributed by atoms with E-state index in [1.54, 1.807) is 28.6 Å². The highest BCUT2D eigenvalue weighted by molar-refractivity contribution is 7.15. The molecule has 0 unspecified atom stereocenters. The lowest BCUT2D eigenvalue weighted by Gasteiger charge is -2.16. The van der Waals surface area contributed by atoms with E-state index in [0.717, 1.165) is 6.42 Å². The Labute approximate surface area is 160 Å². The third kappa shape index (κ3) is 3.61. The molecule has 0 bridgehead atoms. The second-order valence-electron chi connectivity index (χ2n) is 6.37. The van der Waals surface area contributed by atoms with Crippen molar-refractivity contribution in [3.63, 3.8) is 0 Å². The van der Waals surface area contributed by atoms with Gasteiger partial charge in [0.2, 0.25) is 0 Å². The molecule has 27 heavy (non-hydrogen) atoms. The second kappa shape index (κ2) is 7.32. The Morgan fingerprint density at radius 3 is 2.78 bits per heavy atom. The molecule has 0 spiro atoms. The summed E-state index contributed by atoms with van der Waals surface area (Å²) in [7, 11) is 1.80.